The summed E-state index contributed by atoms with van der Waals surface area (Å²) in [6.07, 6.45) is 0. The monoisotopic (exact) mass is 433 g/mol. The Morgan fingerprint density at radius 1 is 1.07 bits per heavy atom. The first-order valence-corrected chi connectivity index (χ1v) is 10.1. The van der Waals surface area contributed by atoms with Crippen LogP contribution in [0.3, 0.4) is 0 Å². The van der Waals surface area contributed by atoms with E-state index in [1.807, 2.05) is 0 Å². The lowest BCUT2D eigenvalue weighted by Crippen LogP contribution is -2.13. The summed E-state index contributed by atoms with van der Waals surface area (Å²) in [5, 5.41) is 10.6. The van der Waals surface area contributed by atoms with E-state index in [2.05, 4.69) is 4.72 Å². The molecule has 0 spiro atoms. The predicted molar refractivity (Wildman–Crippen MR) is 107 cm³/mol. The zero-order valence-electron chi connectivity index (χ0n) is 16.3. The number of methoxy groups -OCH3 is 2. The van der Waals surface area contributed by atoms with E-state index in [4.69, 9.17) is 18.6 Å². The molecule has 0 atom stereocenters. The number of aromatic hydroxyl groups is 1. The number of nitrogens with one attached hydrogen (secondary N) is 1. The van der Waals surface area contributed by atoms with Crippen LogP contribution in [0.15, 0.2) is 57.8 Å². The van der Waals surface area contributed by atoms with Gasteiger partial charge in [-0.2, -0.15) is 0 Å². The van der Waals surface area contributed by atoms with Crippen molar-refractivity contribution in [3.8, 4) is 34.3 Å². The van der Waals surface area contributed by atoms with Gasteiger partial charge in [-0.15, -0.1) is 0 Å². The molecule has 9 nitrogen and oxygen atoms in total. The zero-order valence-corrected chi connectivity index (χ0v) is 17.1. The molecular weight excluding hydrogens is 414 g/mol. The van der Waals surface area contributed by atoms with Crippen molar-refractivity contribution in [1.29, 1.82) is 0 Å². The minimum atomic E-state index is -4.08. The van der Waals surface area contributed by atoms with Crippen molar-refractivity contribution in [2.75, 3.05) is 18.9 Å². The molecule has 30 heavy (non-hydrogen) atoms. The number of hydrogen-bond acceptors (Lipinski definition) is 8. The lowest BCUT2D eigenvalue weighted by molar-refractivity contribution is -0.131. The second kappa shape index (κ2) is 8.37. The van der Waals surface area contributed by atoms with E-state index < -0.39 is 33.4 Å². The largest absolute Gasteiger partial charge is 0.502 e. The molecule has 0 amide bonds. The smallest absolute Gasteiger partial charge is 0.308 e. The van der Waals surface area contributed by atoms with E-state index in [-0.39, 0.29) is 22.0 Å². The summed E-state index contributed by atoms with van der Waals surface area (Å²) in [4.78, 5) is 11.5. The number of ether oxygens (including phenoxy) is 3. The van der Waals surface area contributed by atoms with Crippen molar-refractivity contribution in [2.45, 2.75) is 11.8 Å². The zero-order chi connectivity index (χ0) is 21.9. The molecular formula is C20H19NO8S. The third-order valence-corrected chi connectivity index (χ3v) is 5.37. The standard InChI is InChI=1S/C20H19NO8S/c1-12(22)28-19-17(23)18(15-10-9-13(26-2)11-16(15)27-3)29-20(19)21-30(24,25)14-7-5-4-6-8-14/h4-11,21,23H,1-3H3. The number of sulfonamides is 1. The molecule has 158 valence electrons. The van der Waals surface area contributed by atoms with Crippen molar-refractivity contribution in [1.82, 2.24) is 0 Å². The fourth-order valence-electron chi connectivity index (χ4n) is 2.66. The van der Waals surface area contributed by atoms with Gasteiger partial charge in [0.05, 0.1) is 24.7 Å². The number of esters is 1. The minimum absolute atomic E-state index is 0.0433. The summed E-state index contributed by atoms with van der Waals surface area (Å²) in [5.74, 6) is -1.65. The quantitative estimate of drug-likeness (QED) is 0.543. The third-order valence-electron chi connectivity index (χ3n) is 4.02. The Labute approximate surface area is 172 Å². The van der Waals surface area contributed by atoms with Gasteiger partial charge in [0, 0.05) is 13.0 Å². The first kappa shape index (κ1) is 21.1. The number of carbonyl (C=O) groups excluding carboxylic acids is 1. The molecule has 0 aliphatic rings. The third kappa shape index (κ3) is 4.18. The van der Waals surface area contributed by atoms with E-state index in [0.717, 1.165) is 6.92 Å². The summed E-state index contributed by atoms with van der Waals surface area (Å²) >= 11 is 0. The lowest BCUT2D eigenvalue weighted by Gasteiger charge is -2.08. The van der Waals surface area contributed by atoms with E-state index in [1.165, 1.54) is 26.4 Å². The van der Waals surface area contributed by atoms with Gasteiger partial charge in [-0.25, -0.2) is 13.1 Å². The van der Waals surface area contributed by atoms with Crippen molar-refractivity contribution >= 4 is 21.9 Å². The number of anilines is 1. The van der Waals surface area contributed by atoms with Crippen LogP contribution in [-0.4, -0.2) is 33.7 Å². The van der Waals surface area contributed by atoms with Crippen LogP contribution in [0.5, 0.6) is 23.0 Å². The Kier molecular flexibility index (Phi) is 5.88. The van der Waals surface area contributed by atoms with Crippen molar-refractivity contribution in [2.24, 2.45) is 0 Å². The average Bonchev–Trinajstić information content (AvgIpc) is 3.02. The van der Waals surface area contributed by atoms with Crippen molar-refractivity contribution in [3.05, 3.63) is 48.5 Å². The number of benzene rings is 2. The number of carbonyl (C=O) groups is 1. The van der Waals surface area contributed by atoms with Gasteiger partial charge in [-0.3, -0.25) is 4.79 Å². The number of rotatable bonds is 7. The van der Waals surface area contributed by atoms with Crippen LogP contribution in [0.25, 0.3) is 11.3 Å². The van der Waals surface area contributed by atoms with Crippen LogP contribution in [0.2, 0.25) is 0 Å². The Morgan fingerprint density at radius 3 is 2.37 bits per heavy atom. The molecule has 0 bridgehead atoms. The fraction of sp³-hybridized carbons (Fsp3) is 0.150. The van der Waals surface area contributed by atoms with E-state index in [1.54, 1.807) is 36.4 Å². The Balaban J connectivity index is 2.12. The molecule has 1 heterocycles. The molecule has 0 aliphatic carbocycles. The number of furan rings is 1. The van der Waals surface area contributed by atoms with Crippen molar-refractivity contribution in [3.63, 3.8) is 0 Å². The van der Waals surface area contributed by atoms with Crippen LogP contribution >= 0.6 is 0 Å². The SMILES string of the molecule is COc1ccc(-c2oc(NS(=O)(=O)c3ccccc3)c(OC(C)=O)c2O)c(OC)c1. The molecule has 2 aromatic carbocycles. The van der Waals surface area contributed by atoms with Gasteiger partial charge < -0.3 is 23.7 Å². The van der Waals surface area contributed by atoms with Gasteiger partial charge in [0.2, 0.25) is 11.5 Å². The molecule has 10 heteroatoms. The normalized spacial score (nSPS) is 11.0. The summed E-state index contributed by atoms with van der Waals surface area (Å²) in [7, 11) is -1.19. The van der Waals surface area contributed by atoms with Gasteiger partial charge >= 0.3 is 5.97 Å². The molecule has 0 fully saturated rings. The number of hydrogen-bond donors (Lipinski definition) is 2. The second-order valence-corrected chi connectivity index (χ2v) is 7.70. The molecule has 0 saturated carbocycles. The second-order valence-electron chi connectivity index (χ2n) is 6.02. The van der Waals surface area contributed by atoms with Gasteiger partial charge in [0.15, 0.2) is 5.76 Å². The van der Waals surface area contributed by atoms with Crippen LogP contribution in [-0.2, 0) is 14.8 Å². The summed E-state index contributed by atoms with van der Waals surface area (Å²) in [6, 6.07) is 12.2. The lowest BCUT2D eigenvalue weighted by atomic mass is 10.1. The summed E-state index contributed by atoms with van der Waals surface area (Å²) in [5.41, 5.74) is 0.286. The molecule has 0 saturated heterocycles. The highest BCUT2D eigenvalue weighted by atomic mass is 32.2. The maximum absolute atomic E-state index is 12.7. The molecule has 1 aromatic heterocycles. The molecule has 0 unspecified atom stereocenters. The van der Waals surface area contributed by atoms with Gasteiger partial charge in [0.1, 0.15) is 11.5 Å². The fourth-order valence-corrected chi connectivity index (χ4v) is 3.67. The molecule has 2 N–H and O–H groups in total. The Bertz CT molecular complexity index is 1170. The van der Waals surface area contributed by atoms with Crippen molar-refractivity contribution < 1.29 is 36.9 Å². The van der Waals surface area contributed by atoms with E-state index >= 15 is 0 Å². The molecule has 3 aromatic rings. The van der Waals surface area contributed by atoms with Crippen LogP contribution in [0, 0.1) is 0 Å². The first-order valence-electron chi connectivity index (χ1n) is 8.61. The van der Waals surface area contributed by atoms with E-state index in [9.17, 15) is 18.3 Å². The minimum Gasteiger partial charge on any atom is -0.502 e. The highest BCUT2D eigenvalue weighted by molar-refractivity contribution is 7.92. The average molecular weight is 433 g/mol. The van der Waals surface area contributed by atoms with Gasteiger partial charge in [-0.05, 0) is 24.3 Å². The maximum atomic E-state index is 12.7. The first-order chi connectivity index (χ1) is 14.3. The van der Waals surface area contributed by atoms with Gasteiger partial charge in [0.25, 0.3) is 15.9 Å². The Morgan fingerprint density at radius 2 is 1.77 bits per heavy atom. The van der Waals surface area contributed by atoms with E-state index in [0.29, 0.717) is 5.75 Å². The van der Waals surface area contributed by atoms with Crippen LogP contribution < -0.4 is 18.9 Å². The van der Waals surface area contributed by atoms with Gasteiger partial charge in [-0.1, -0.05) is 18.2 Å². The molecule has 3 rings (SSSR count). The molecule has 0 radical (unpaired) electrons. The maximum Gasteiger partial charge on any atom is 0.308 e. The molecule has 0 aliphatic heterocycles. The van der Waals surface area contributed by atoms with Crippen LogP contribution in [0.4, 0.5) is 5.88 Å². The summed E-state index contributed by atoms with van der Waals surface area (Å²) in [6.45, 7) is 1.11. The highest BCUT2D eigenvalue weighted by Crippen LogP contribution is 2.49. The highest BCUT2D eigenvalue weighted by Gasteiger charge is 2.29. The Hall–Kier alpha value is -3.66. The predicted octanol–water partition coefficient (Wildman–Crippen LogP) is 3.40. The topological polar surface area (TPSA) is 124 Å². The summed E-state index contributed by atoms with van der Waals surface area (Å²) < 4.78 is 48.6. The van der Waals surface area contributed by atoms with Crippen LogP contribution in [0.1, 0.15) is 6.92 Å².